The van der Waals surface area contributed by atoms with Gasteiger partial charge in [0.15, 0.2) is 0 Å². The van der Waals surface area contributed by atoms with Gasteiger partial charge >= 0.3 is 6.18 Å². The molecule has 0 saturated heterocycles. The average molecular weight is 398 g/mol. The summed E-state index contributed by atoms with van der Waals surface area (Å²) in [5, 5.41) is 1.88. The number of nitrogens with one attached hydrogen (secondary N) is 1. The highest BCUT2D eigenvalue weighted by molar-refractivity contribution is 14.1. The Balaban J connectivity index is 2.39. The Hall–Kier alpha value is -0.640. The van der Waals surface area contributed by atoms with Crippen LogP contribution in [0.3, 0.4) is 0 Å². The molecule has 1 aromatic heterocycles. The monoisotopic (exact) mass is 398 g/mol. The number of benzene rings is 1. The minimum absolute atomic E-state index is 0.443. The predicted octanol–water partition coefficient (Wildman–Crippen LogP) is 3.92. The molecule has 19 heavy (non-hydrogen) atoms. The van der Waals surface area contributed by atoms with Gasteiger partial charge in [-0.2, -0.15) is 13.2 Å². The van der Waals surface area contributed by atoms with Gasteiger partial charge in [-0.1, -0.05) is 12.1 Å². The van der Waals surface area contributed by atoms with E-state index in [1.807, 2.05) is 11.4 Å². The third kappa shape index (κ3) is 3.47. The highest BCUT2D eigenvalue weighted by atomic mass is 127. The van der Waals surface area contributed by atoms with Gasteiger partial charge in [0, 0.05) is 0 Å². The van der Waals surface area contributed by atoms with Gasteiger partial charge in [-0.3, -0.25) is 5.84 Å². The first kappa shape index (κ1) is 14.8. The van der Waals surface area contributed by atoms with E-state index in [0.29, 0.717) is 5.56 Å². The molecule has 0 saturated carbocycles. The van der Waals surface area contributed by atoms with Crippen molar-refractivity contribution in [2.45, 2.75) is 12.2 Å². The van der Waals surface area contributed by atoms with Gasteiger partial charge in [-0.15, -0.1) is 11.3 Å². The van der Waals surface area contributed by atoms with Gasteiger partial charge in [0.2, 0.25) is 0 Å². The van der Waals surface area contributed by atoms with E-state index < -0.39 is 17.8 Å². The second kappa shape index (κ2) is 5.78. The zero-order valence-corrected chi connectivity index (χ0v) is 12.5. The first-order chi connectivity index (χ1) is 8.91. The van der Waals surface area contributed by atoms with Crippen LogP contribution in [-0.2, 0) is 6.18 Å². The van der Waals surface area contributed by atoms with Crippen LogP contribution < -0.4 is 11.3 Å². The average Bonchev–Trinajstić information content (AvgIpc) is 2.76. The minimum Gasteiger partial charge on any atom is -0.271 e. The smallest absolute Gasteiger partial charge is 0.271 e. The summed E-state index contributed by atoms with van der Waals surface area (Å²) in [6.07, 6.45) is -4.35. The van der Waals surface area contributed by atoms with E-state index in [0.717, 1.165) is 20.6 Å². The molecule has 1 atom stereocenters. The molecule has 0 aliphatic rings. The summed E-state index contributed by atoms with van der Waals surface area (Å²) in [7, 11) is 0. The molecule has 0 radical (unpaired) electrons. The van der Waals surface area contributed by atoms with Crippen molar-refractivity contribution in [2.24, 2.45) is 5.84 Å². The Morgan fingerprint density at radius 3 is 2.47 bits per heavy atom. The van der Waals surface area contributed by atoms with E-state index in [1.165, 1.54) is 17.4 Å². The van der Waals surface area contributed by atoms with Crippen LogP contribution in [0.4, 0.5) is 13.2 Å². The molecule has 7 heteroatoms. The van der Waals surface area contributed by atoms with E-state index in [2.05, 4.69) is 28.0 Å². The van der Waals surface area contributed by atoms with Gasteiger partial charge in [-0.05, 0) is 57.3 Å². The van der Waals surface area contributed by atoms with Gasteiger partial charge in [0.25, 0.3) is 0 Å². The number of hydrogen-bond acceptors (Lipinski definition) is 3. The molecular weight excluding hydrogens is 388 g/mol. The molecule has 2 rings (SSSR count). The SMILES string of the molecule is NNC(c1cccc(C(F)(F)F)c1)c1csc(I)c1. The van der Waals surface area contributed by atoms with E-state index in [-0.39, 0.29) is 0 Å². The highest BCUT2D eigenvalue weighted by Gasteiger charge is 2.31. The Morgan fingerprint density at radius 2 is 1.95 bits per heavy atom. The van der Waals surface area contributed by atoms with Crippen LogP contribution in [0.15, 0.2) is 35.7 Å². The van der Waals surface area contributed by atoms with Crippen LogP contribution in [0.5, 0.6) is 0 Å². The molecule has 0 amide bonds. The van der Waals surface area contributed by atoms with Crippen molar-refractivity contribution >= 4 is 33.9 Å². The van der Waals surface area contributed by atoms with E-state index in [1.54, 1.807) is 6.07 Å². The Labute approximate surface area is 125 Å². The summed E-state index contributed by atoms with van der Waals surface area (Å²) < 4.78 is 39.1. The Bertz CT molecular complexity index is 568. The lowest BCUT2D eigenvalue weighted by Crippen LogP contribution is -2.28. The molecule has 0 aliphatic heterocycles. The molecule has 0 fully saturated rings. The Kier molecular flexibility index (Phi) is 4.49. The maximum Gasteiger partial charge on any atom is 0.416 e. The van der Waals surface area contributed by atoms with Gasteiger partial charge in [0.1, 0.15) is 0 Å². The van der Waals surface area contributed by atoms with Crippen molar-refractivity contribution in [2.75, 3.05) is 0 Å². The number of hydrazine groups is 1. The fourth-order valence-corrected chi connectivity index (χ4v) is 3.15. The molecule has 3 N–H and O–H groups in total. The quantitative estimate of drug-likeness (QED) is 0.467. The molecule has 1 unspecified atom stereocenters. The minimum atomic E-state index is -4.35. The molecule has 2 aromatic rings. The van der Waals surface area contributed by atoms with Crippen molar-refractivity contribution in [3.8, 4) is 0 Å². The van der Waals surface area contributed by atoms with Crippen LogP contribution in [0.1, 0.15) is 22.7 Å². The van der Waals surface area contributed by atoms with Gasteiger partial charge < -0.3 is 0 Å². The Morgan fingerprint density at radius 1 is 1.21 bits per heavy atom. The molecule has 0 spiro atoms. The topological polar surface area (TPSA) is 38.0 Å². The fraction of sp³-hybridized carbons (Fsp3) is 0.167. The normalized spacial score (nSPS) is 13.5. The number of alkyl halides is 3. The molecule has 1 heterocycles. The van der Waals surface area contributed by atoms with Crippen LogP contribution in [0, 0.1) is 2.88 Å². The zero-order chi connectivity index (χ0) is 14.0. The van der Waals surface area contributed by atoms with E-state index >= 15 is 0 Å². The molecule has 0 bridgehead atoms. The number of hydrogen-bond donors (Lipinski definition) is 2. The number of nitrogens with two attached hydrogens (primary N) is 1. The molecular formula is C12H10F3IN2S. The second-order valence-electron chi connectivity index (χ2n) is 3.91. The van der Waals surface area contributed by atoms with Crippen molar-refractivity contribution < 1.29 is 13.2 Å². The number of rotatable bonds is 3. The van der Waals surface area contributed by atoms with Crippen LogP contribution in [0.25, 0.3) is 0 Å². The number of halogens is 4. The maximum absolute atomic E-state index is 12.7. The lowest BCUT2D eigenvalue weighted by molar-refractivity contribution is -0.137. The summed E-state index contributed by atoms with van der Waals surface area (Å²) in [4.78, 5) is 0. The van der Waals surface area contributed by atoms with Crippen LogP contribution in [-0.4, -0.2) is 0 Å². The summed E-state index contributed by atoms with van der Waals surface area (Å²) in [6.45, 7) is 0. The highest BCUT2D eigenvalue weighted by Crippen LogP contribution is 2.33. The van der Waals surface area contributed by atoms with Crippen molar-refractivity contribution in [1.29, 1.82) is 0 Å². The maximum atomic E-state index is 12.7. The molecule has 1 aromatic carbocycles. The van der Waals surface area contributed by atoms with Gasteiger partial charge in [0.05, 0.1) is 14.5 Å². The lowest BCUT2D eigenvalue weighted by atomic mass is 10.00. The molecule has 2 nitrogen and oxygen atoms in total. The second-order valence-corrected chi connectivity index (χ2v) is 6.71. The molecule has 102 valence electrons. The van der Waals surface area contributed by atoms with Crippen LogP contribution >= 0.6 is 33.9 Å². The zero-order valence-electron chi connectivity index (χ0n) is 9.54. The molecule has 0 aliphatic carbocycles. The van der Waals surface area contributed by atoms with Crippen molar-refractivity contribution in [3.05, 3.63) is 55.3 Å². The standard InChI is InChI=1S/C12H10F3IN2S/c13-12(14,15)9-3-1-2-7(4-9)11(18-17)8-5-10(16)19-6-8/h1-6,11,18H,17H2. The summed E-state index contributed by atoms with van der Waals surface area (Å²) in [5.74, 6) is 5.48. The fourth-order valence-electron chi connectivity index (χ4n) is 1.75. The largest absolute Gasteiger partial charge is 0.416 e. The summed E-state index contributed by atoms with van der Waals surface area (Å²) in [5.41, 5.74) is 3.24. The first-order valence-corrected chi connectivity index (χ1v) is 7.25. The van der Waals surface area contributed by atoms with Gasteiger partial charge in [-0.25, -0.2) is 5.43 Å². The van der Waals surface area contributed by atoms with E-state index in [9.17, 15) is 13.2 Å². The van der Waals surface area contributed by atoms with Crippen LogP contribution in [0.2, 0.25) is 0 Å². The number of thiophene rings is 1. The lowest BCUT2D eigenvalue weighted by Gasteiger charge is -2.17. The third-order valence-electron chi connectivity index (χ3n) is 2.64. The summed E-state index contributed by atoms with van der Waals surface area (Å²) in [6, 6.07) is 6.64. The van der Waals surface area contributed by atoms with Crippen molar-refractivity contribution in [3.63, 3.8) is 0 Å². The first-order valence-electron chi connectivity index (χ1n) is 5.29. The van der Waals surface area contributed by atoms with Crippen molar-refractivity contribution in [1.82, 2.24) is 5.43 Å². The third-order valence-corrected chi connectivity index (χ3v) is 4.44. The summed E-state index contributed by atoms with van der Waals surface area (Å²) >= 11 is 3.68. The van der Waals surface area contributed by atoms with E-state index in [4.69, 9.17) is 5.84 Å². The predicted molar refractivity (Wildman–Crippen MR) is 77.6 cm³/mol.